The predicted molar refractivity (Wildman–Crippen MR) is 123 cm³/mol. The highest BCUT2D eigenvalue weighted by atomic mass is 16.6. The number of carbonyl (C=O) groups is 3. The van der Waals surface area contributed by atoms with Crippen LogP contribution >= 0.6 is 0 Å². The van der Waals surface area contributed by atoms with Crippen LogP contribution in [0.3, 0.4) is 0 Å². The Morgan fingerprint density at radius 1 is 1.26 bits per heavy atom. The number of cyclic esters (lactones) is 1. The van der Waals surface area contributed by atoms with E-state index in [1.165, 1.54) is 7.11 Å². The highest BCUT2D eigenvalue weighted by Crippen LogP contribution is 2.71. The number of ether oxygens (including phenoxy) is 3. The third kappa shape index (κ3) is 2.90. The summed E-state index contributed by atoms with van der Waals surface area (Å²) in [6, 6.07) is 1.79. The van der Waals surface area contributed by atoms with E-state index >= 15 is 0 Å². The summed E-state index contributed by atoms with van der Waals surface area (Å²) in [5.74, 6) is -2.20. The van der Waals surface area contributed by atoms with Gasteiger partial charge in [0.05, 0.1) is 32.2 Å². The molecule has 2 saturated carbocycles. The van der Waals surface area contributed by atoms with E-state index in [4.69, 9.17) is 18.6 Å². The number of aliphatic hydroxyl groups is 1. The van der Waals surface area contributed by atoms with Crippen LogP contribution in [-0.2, 0) is 28.6 Å². The second-order valence-electron chi connectivity index (χ2n) is 11.7. The van der Waals surface area contributed by atoms with Crippen LogP contribution in [0.5, 0.6) is 0 Å². The third-order valence-corrected chi connectivity index (χ3v) is 9.96. The fraction of sp³-hybridized carbons (Fsp3) is 0.667. The predicted octanol–water partition coefficient (Wildman–Crippen LogP) is 3.53. The molecule has 0 unspecified atom stereocenters. The summed E-state index contributed by atoms with van der Waals surface area (Å²) in [5, 5.41) is 11.2. The normalized spacial score (nSPS) is 43.0. The quantitative estimate of drug-likeness (QED) is 0.510. The minimum atomic E-state index is -1.50. The van der Waals surface area contributed by atoms with Crippen molar-refractivity contribution in [2.24, 2.45) is 28.1 Å². The molecule has 0 amide bonds. The largest absolute Gasteiger partial charge is 0.472 e. The number of Topliss-reactive ketones (excluding diaryl/α,β-unsaturated/α-hetero) is 1. The standard InChI is InChI=1S/C27H34O8/c1-14-16-7-9-25(4)22(15-8-10-33-13-15)34-19(29)12-27(14,25)35-18-11-17(28)24(2,3)21(26(16,18)5)20(30)23(31)32-6/h8,10,13,16,18,20-22,30H,1,7,9,11-12H2,2-6H3/t16-,18+,20+,21-,22+,25-,26-,27+/m0/s1. The van der Waals surface area contributed by atoms with Gasteiger partial charge in [-0.3, -0.25) is 9.59 Å². The molecule has 35 heavy (non-hydrogen) atoms. The van der Waals surface area contributed by atoms with Crippen molar-refractivity contribution >= 4 is 17.7 Å². The molecular weight excluding hydrogens is 452 g/mol. The summed E-state index contributed by atoms with van der Waals surface area (Å²) in [4.78, 5) is 39.0. The van der Waals surface area contributed by atoms with Gasteiger partial charge in [-0.15, -0.1) is 0 Å². The number of hydrogen-bond acceptors (Lipinski definition) is 8. The monoisotopic (exact) mass is 486 g/mol. The van der Waals surface area contributed by atoms with Gasteiger partial charge in [-0.1, -0.05) is 34.3 Å². The number of esters is 2. The molecule has 1 N–H and O–H groups in total. The summed E-state index contributed by atoms with van der Waals surface area (Å²) in [7, 11) is 1.23. The second kappa shape index (κ2) is 7.53. The first-order valence-corrected chi connectivity index (χ1v) is 12.2. The van der Waals surface area contributed by atoms with Gasteiger partial charge in [-0.05, 0) is 30.4 Å². The Balaban J connectivity index is 1.65. The summed E-state index contributed by atoms with van der Waals surface area (Å²) in [5.41, 5.74) is -1.92. The number of hydrogen-bond donors (Lipinski definition) is 1. The van der Waals surface area contributed by atoms with E-state index in [1.54, 1.807) is 32.4 Å². The van der Waals surface area contributed by atoms with Crippen molar-refractivity contribution in [3.05, 3.63) is 36.3 Å². The number of methoxy groups -OCH3 is 1. The number of aliphatic hydroxyl groups excluding tert-OH is 1. The Hall–Kier alpha value is -2.45. The summed E-state index contributed by atoms with van der Waals surface area (Å²) >= 11 is 0. The average Bonchev–Trinajstić information content (AvgIpc) is 3.32. The van der Waals surface area contributed by atoms with Crippen LogP contribution in [0.15, 0.2) is 35.2 Å². The van der Waals surface area contributed by atoms with Crippen molar-refractivity contribution in [2.75, 3.05) is 7.11 Å². The van der Waals surface area contributed by atoms with Gasteiger partial charge in [0.2, 0.25) is 0 Å². The summed E-state index contributed by atoms with van der Waals surface area (Å²) < 4.78 is 23.0. The van der Waals surface area contributed by atoms with Crippen LogP contribution in [-0.4, -0.2) is 47.7 Å². The zero-order valence-corrected chi connectivity index (χ0v) is 21.0. The van der Waals surface area contributed by atoms with Gasteiger partial charge >= 0.3 is 11.9 Å². The average molecular weight is 487 g/mol. The van der Waals surface area contributed by atoms with Crippen LogP contribution in [0.25, 0.3) is 0 Å². The Kier molecular flexibility index (Phi) is 5.22. The lowest BCUT2D eigenvalue weighted by atomic mass is 9.41. The van der Waals surface area contributed by atoms with Gasteiger partial charge in [0, 0.05) is 34.1 Å². The molecule has 2 bridgehead atoms. The van der Waals surface area contributed by atoms with Crippen molar-refractivity contribution in [1.82, 2.24) is 0 Å². The Bertz CT molecular complexity index is 1090. The molecule has 190 valence electrons. The van der Waals surface area contributed by atoms with Crippen LogP contribution < -0.4 is 0 Å². The van der Waals surface area contributed by atoms with Gasteiger partial charge in [-0.25, -0.2) is 4.79 Å². The zero-order valence-electron chi connectivity index (χ0n) is 21.0. The molecule has 1 aromatic heterocycles. The van der Waals surface area contributed by atoms with Crippen molar-refractivity contribution in [3.63, 3.8) is 0 Å². The lowest BCUT2D eigenvalue weighted by Crippen LogP contribution is -2.74. The minimum Gasteiger partial charge on any atom is -0.472 e. The third-order valence-electron chi connectivity index (χ3n) is 9.96. The van der Waals surface area contributed by atoms with Crippen molar-refractivity contribution in [2.45, 2.75) is 77.3 Å². The molecule has 2 aliphatic heterocycles. The maximum Gasteiger partial charge on any atom is 0.335 e. The molecule has 8 atom stereocenters. The van der Waals surface area contributed by atoms with Gasteiger partial charge < -0.3 is 23.7 Å². The molecular formula is C27H34O8. The summed E-state index contributed by atoms with van der Waals surface area (Å²) in [6.45, 7) is 12.1. The van der Waals surface area contributed by atoms with Gasteiger partial charge in [0.1, 0.15) is 17.5 Å². The number of fused-ring (bicyclic) bond motifs is 3. The first-order chi connectivity index (χ1) is 16.3. The molecule has 8 nitrogen and oxygen atoms in total. The fourth-order valence-electron chi connectivity index (χ4n) is 8.08. The van der Waals surface area contributed by atoms with E-state index < -0.39 is 58.0 Å². The molecule has 1 spiro atoms. The van der Waals surface area contributed by atoms with E-state index in [0.29, 0.717) is 12.8 Å². The highest BCUT2D eigenvalue weighted by molar-refractivity contribution is 5.88. The van der Waals surface area contributed by atoms with Crippen molar-refractivity contribution in [1.29, 1.82) is 0 Å². The molecule has 8 heteroatoms. The van der Waals surface area contributed by atoms with Gasteiger partial charge in [-0.2, -0.15) is 0 Å². The number of furan rings is 1. The minimum absolute atomic E-state index is 0.00156. The first-order valence-electron chi connectivity index (χ1n) is 12.2. The second-order valence-corrected chi connectivity index (χ2v) is 11.7. The van der Waals surface area contributed by atoms with Gasteiger partial charge in [0.15, 0.2) is 6.10 Å². The molecule has 1 aromatic rings. The molecule has 4 aliphatic rings. The number of carbonyl (C=O) groups excluding carboxylic acids is 3. The van der Waals surface area contributed by atoms with E-state index in [2.05, 4.69) is 13.5 Å². The van der Waals surface area contributed by atoms with Crippen molar-refractivity contribution < 1.29 is 38.1 Å². The highest BCUT2D eigenvalue weighted by Gasteiger charge is 2.74. The smallest absolute Gasteiger partial charge is 0.335 e. The maximum atomic E-state index is 13.4. The molecule has 3 heterocycles. The van der Waals surface area contributed by atoms with E-state index in [1.807, 2.05) is 6.92 Å². The first kappa shape index (κ1) is 24.3. The topological polar surface area (TPSA) is 112 Å². The molecule has 0 aromatic carbocycles. The summed E-state index contributed by atoms with van der Waals surface area (Å²) in [6.07, 6.45) is 1.91. The van der Waals surface area contributed by atoms with E-state index in [-0.39, 0.29) is 24.5 Å². The zero-order chi connectivity index (χ0) is 25.6. The van der Waals surface area contributed by atoms with Crippen LogP contribution in [0.1, 0.15) is 65.0 Å². The van der Waals surface area contributed by atoms with Crippen molar-refractivity contribution in [3.8, 4) is 0 Å². The van der Waals surface area contributed by atoms with Crippen LogP contribution in [0.4, 0.5) is 0 Å². The Labute approximate surface area is 205 Å². The number of ketones is 1. The molecule has 2 aliphatic carbocycles. The lowest BCUT2D eigenvalue weighted by molar-refractivity contribution is -0.303. The van der Waals surface area contributed by atoms with E-state index in [9.17, 15) is 19.5 Å². The number of rotatable bonds is 3. The SMILES string of the molecule is C=C1[C@@H]2CC[C@@]3(C)[C@@H](c4ccoc4)OC(=O)C[C@@]13O[C@@H]1CC(=O)C(C)(C)[C@H]([C@@H](O)C(=O)OC)[C@]12C. The molecule has 5 rings (SSSR count). The molecule has 4 fully saturated rings. The maximum absolute atomic E-state index is 13.4. The Morgan fingerprint density at radius 3 is 2.60 bits per heavy atom. The van der Waals surface area contributed by atoms with Crippen LogP contribution in [0, 0.1) is 28.1 Å². The molecule has 2 saturated heterocycles. The van der Waals surface area contributed by atoms with Crippen LogP contribution in [0.2, 0.25) is 0 Å². The molecule has 0 radical (unpaired) electrons. The van der Waals surface area contributed by atoms with E-state index in [0.717, 1.165) is 11.1 Å². The Morgan fingerprint density at radius 2 is 1.97 bits per heavy atom. The lowest BCUT2D eigenvalue weighted by Gasteiger charge is -2.70. The fourth-order valence-corrected chi connectivity index (χ4v) is 8.08. The van der Waals surface area contributed by atoms with Gasteiger partial charge in [0.25, 0.3) is 0 Å².